The molecule has 3 aromatic rings. The highest BCUT2D eigenvalue weighted by Crippen LogP contribution is 2.30. The van der Waals surface area contributed by atoms with Crippen molar-refractivity contribution >= 4 is 34.6 Å². The number of urea groups is 1. The molecule has 32 heavy (non-hydrogen) atoms. The topological polar surface area (TPSA) is 87.2 Å². The molecule has 9 heteroatoms. The van der Waals surface area contributed by atoms with Gasteiger partial charge in [0.2, 0.25) is 5.01 Å². The van der Waals surface area contributed by atoms with E-state index in [1.54, 1.807) is 4.90 Å². The van der Waals surface area contributed by atoms with E-state index in [2.05, 4.69) is 26.9 Å². The van der Waals surface area contributed by atoms with Crippen molar-refractivity contribution < 1.29 is 14.0 Å². The second-order valence-corrected chi connectivity index (χ2v) is 9.01. The molecule has 1 fully saturated rings. The number of aromatic nitrogens is 2. The number of hydrogen-bond acceptors (Lipinski definition) is 5. The van der Waals surface area contributed by atoms with Gasteiger partial charge in [-0.2, -0.15) is 0 Å². The molecule has 2 heterocycles. The summed E-state index contributed by atoms with van der Waals surface area (Å²) in [4.78, 5) is 27.0. The molecule has 4 rings (SSSR count). The Morgan fingerprint density at radius 1 is 1.03 bits per heavy atom. The number of carbonyl (C=O) groups excluding carboxylic acids is 2. The Labute approximate surface area is 189 Å². The van der Waals surface area contributed by atoms with Crippen LogP contribution in [0.15, 0.2) is 42.5 Å². The van der Waals surface area contributed by atoms with Crippen LogP contribution >= 0.6 is 11.3 Å². The normalized spacial score (nSPS) is 16.0. The first-order chi connectivity index (χ1) is 15.4. The van der Waals surface area contributed by atoms with E-state index in [0.717, 1.165) is 34.7 Å². The second kappa shape index (κ2) is 9.44. The summed E-state index contributed by atoms with van der Waals surface area (Å²) in [5.41, 5.74) is 3.46. The van der Waals surface area contributed by atoms with E-state index in [-0.39, 0.29) is 28.7 Å². The zero-order chi connectivity index (χ0) is 22.7. The molecule has 0 spiro atoms. The molecular weight excluding hydrogens is 429 g/mol. The van der Waals surface area contributed by atoms with Gasteiger partial charge in [-0.3, -0.25) is 4.79 Å². The first-order valence-electron chi connectivity index (χ1n) is 10.4. The third kappa shape index (κ3) is 5.28. The standard InChI is InChI=1S/C23H24FN5O2S/c1-14-10-15(2)12-19(11-14)26-23(31)29-9-3-4-16(13-29)21-27-28-22(32-21)20(30)25-18-7-5-17(24)6-8-18/h5-8,10-12,16H,3-4,9,13H2,1-2H3,(H,25,30)(H,26,31)/t16-/m1/s1. The quantitative estimate of drug-likeness (QED) is 0.585. The second-order valence-electron chi connectivity index (χ2n) is 8.00. The Morgan fingerprint density at radius 3 is 2.47 bits per heavy atom. The van der Waals surface area contributed by atoms with Gasteiger partial charge >= 0.3 is 6.03 Å². The number of anilines is 2. The third-order valence-corrected chi connectivity index (χ3v) is 6.35. The van der Waals surface area contributed by atoms with E-state index in [0.29, 0.717) is 18.8 Å². The molecule has 1 aromatic heterocycles. The molecular formula is C23H24FN5O2S. The van der Waals surface area contributed by atoms with Crippen molar-refractivity contribution in [2.75, 3.05) is 23.7 Å². The van der Waals surface area contributed by atoms with Crippen LogP contribution in [0.1, 0.15) is 44.7 Å². The van der Waals surface area contributed by atoms with E-state index in [9.17, 15) is 14.0 Å². The predicted molar refractivity (Wildman–Crippen MR) is 123 cm³/mol. The number of benzene rings is 2. The molecule has 0 bridgehead atoms. The molecule has 0 saturated carbocycles. The number of halogens is 1. The van der Waals surface area contributed by atoms with Crippen molar-refractivity contribution in [3.63, 3.8) is 0 Å². The Kier molecular flexibility index (Phi) is 6.45. The van der Waals surface area contributed by atoms with Crippen LogP contribution in [-0.4, -0.2) is 40.1 Å². The Bertz CT molecular complexity index is 1110. The number of aryl methyl sites for hydroxylation is 2. The van der Waals surface area contributed by atoms with Crippen molar-refractivity contribution in [3.05, 3.63) is 69.4 Å². The average molecular weight is 454 g/mol. The van der Waals surface area contributed by atoms with Gasteiger partial charge in [0, 0.05) is 30.4 Å². The summed E-state index contributed by atoms with van der Waals surface area (Å²) in [6, 6.07) is 11.4. The van der Waals surface area contributed by atoms with E-state index in [1.807, 2.05) is 26.0 Å². The van der Waals surface area contributed by atoms with Crippen LogP contribution in [0.2, 0.25) is 0 Å². The molecule has 166 valence electrons. The van der Waals surface area contributed by atoms with Crippen LogP contribution < -0.4 is 10.6 Å². The smallest absolute Gasteiger partial charge is 0.321 e. The number of amides is 3. The third-order valence-electron chi connectivity index (χ3n) is 5.27. The molecule has 1 saturated heterocycles. The molecule has 3 amide bonds. The van der Waals surface area contributed by atoms with Gasteiger partial charge in [-0.25, -0.2) is 9.18 Å². The maximum absolute atomic E-state index is 13.0. The van der Waals surface area contributed by atoms with Gasteiger partial charge in [0.15, 0.2) is 0 Å². The summed E-state index contributed by atoms with van der Waals surface area (Å²) < 4.78 is 13.0. The van der Waals surface area contributed by atoms with E-state index >= 15 is 0 Å². The number of nitrogens with one attached hydrogen (secondary N) is 2. The first-order valence-corrected chi connectivity index (χ1v) is 11.2. The van der Waals surface area contributed by atoms with Gasteiger partial charge in [-0.15, -0.1) is 10.2 Å². The lowest BCUT2D eigenvalue weighted by Crippen LogP contribution is -2.41. The van der Waals surface area contributed by atoms with Crippen LogP contribution in [0.3, 0.4) is 0 Å². The van der Waals surface area contributed by atoms with E-state index in [1.165, 1.54) is 35.6 Å². The first kappa shape index (κ1) is 21.9. The molecule has 2 N–H and O–H groups in total. The predicted octanol–water partition coefficient (Wildman–Crippen LogP) is 4.96. The maximum atomic E-state index is 13.0. The Morgan fingerprint density at radius 2 is 1.75 bits per heavy atom. The molecule has 1 atom stereocenters. The van der Waals surface area contributed by atoms with Crippen molar-refractivity contribution in [1.29, 1.82) is 0 Å². The van der Waals surface area contributed by atoms with Gasteiger partial charge in [-0.05, 0) is 74.2 Å². The van der Waals surface area contributed by atoms with Crippen LogP contribution in [0, 0.1) is 19.7 Å². The van der Waals surface area contributed by atoms with Crippen molar-refractivity contribution in [2.45, 2.75) is 32.6 Å². The summed E-state index contributed by atoms with van der Waals surface area (Å²) in [6.45, 7) is 5.19. The fourth-order valence-electron chi connectivity index (χ4n) is 3.82. The summed E-state index contributed by atoms with van der Waals surface area (Å²) in [5.74, 6) is -0.733. The summed E-state index contributed by atoms with van der Waals surface area (Å²) >= 11 is 1.22. The summed E-state index contributed by atoms with van der Waals surface area (Å²) in [7, 11) is 0. The van der Waals surface area contributed by atoms with Crippen LogP contribution in [0.25, 0.3) is 0 Å². The van der Waals surface area contributed by atoms with Gasteiger partial charge < -0.3 is 15.5 Å². The van der Waals surface area contributed by atoms with Gasteiger partial charge in [0.25, 0.3) is 5.91 Å². The zero-order valence-electron chi connectivity index (χ0n) is 17.9. The van der Waals surface area contributed by atoms with Crippen molar-refractivity contribution in [2.24, 2.45) is 0 Å². The molecule has 0 unspecified atom stereocenters. The maximum Gasteiger partial charge on any atom is 0.321 e. The van der Waals surface area contributed by atoms with Crippen molar-refractivity contribution in [3.8, 4) is 0 Å². The van der Waals surface area contributed by atoms with Gasteiger partial charge in [0.05, 0.1) is 0 Å². The van der Waals surface area contributed by atoms with Gasteiger partial charge in [-0.1, -0.05) is 17.4 Å². The number of rotatable bonds is 4. The highest BCUT2D eigenvalue weighted by atomic mass is 32.1. The fourth-order valence-corrected chi connectivity index (χ4v) is 4.69. The van der Waals surface area contributed by atoms with Gasteiger partial charge in [0.1, 0.15) is 10.8 Å². The minimum atomic E-state index is -0.388. The average Bonchev–Trinajstić information content (AvgIpc) is 3.25. The van der Waals surface area contributed by atoms with Crippen LogP contribution in [0.4, 0.5) is 20.6 Å². The Balaban J connectivity index is 1.39. The monoisotopic (exact) mass is 453 g/mol. The summed E-state index contributed by atoms with van der Waals surface area (Å²) in [5, 5.41) is 14.9. The fraction of sp³-hybridized carbons (Fsp3) is 0.304. The van der Waals surface area contributed by atoms with Crippen LogP contribution in [-0.2, 0) is 0 Å². The highest BCUT2D eigenvalue weighted by Gasteiger charge is 2.28. The number of carbonyl (C=O) groups is 2. The number of likely N-dealkylation sites (tertiary alicyclic amines) is 1. The lowest BCUT2D eigenvalue weighted by molar-refractivity contribution is 0.102. The largest absolute Gasteiger partial charge is 0.324 e. The molecule has 0 radical (unpaired) electrons. The van der Waals surface area contributed by atoms with Crippen molar-refractivity contribution in [1.82, 2.24) is 15.1 Å². The number of piperidine rings is 1. The molecule has 2 aromatic carbocycles. The zero-order valence-corrected chi connectivity index (χ0v) is 18.7. The molecule has 1 aliphatic heterocycles. The molecule has 1 aliphatic rings. The lowest BCUT2D eigenvalue weighted by Gasteiger charge is -2.31. The molecule has 7 nitrogen and oxygen atoms in total. The lowest BCUT2D eigenvalue weighted by atomic mass is 9.99. The molecule has 0 aliphatic carbocycles. The van der Waals surface area contributed by atoms with Crippen LogP contribution in [0.5, 0.6) is 0 Å². The van der Waals surface area contributed by atoms with E-state index < -0.39 is 0 Å². The number of nitrogens with zero attached hydrogens (tertiary/aromatic N) is 3. The minimum absolute atomic E-state index is 0.0265. The minimum Gasteiger partial charge on any atom is -0.324 e. The van der Waals surface area contributed by atoms with E-state index in [4.69, 9.17) is 0 Å². The SMILES string of the molecule is Cc1cc(C)cc(NC(=O)N2CCC[C@@H](c3nnc(C(=O)Nc4ccc(F)cc4)s3)C2)c1. The Hall–Kier alpha value is -3.33. The highest BCUT2D eigenvalue weighted by molar-refractivity contribution is 7.13. The summed E-state index contributed by atoms with van der Waals surface area (Å²) in [6.07, 6.45) is 1.73. The number of hydrogen-bond donors (Lipinski definition) is 2.